The molecule has 0 amide bonds. The van der Waals surface area contributed by atoms with Crippen LogP contribution < -0.4 is 15.5 Å². The molecule has 0 bridgehead atoms. The molecule has 3 aromatic rings. The second-order valence-electron chi connectivity index (χ2n) is 5.84. The first kappa shape index (κ1) is 18.6. The van der Waals surface area contributed by atoms with Gasteiger partial charge in [-0.2, -0.15) is 5.10 Å². The number of rotatable bonds is 6. The fraction of sp³-hybridized carbons (Fsp3) is 0.0909. The van der Waals surface area contributed by atoms with E-state index in [0.29, 0.717) is 5.11 Å². The molecule has 0 saturated carbocycles. The van der Waals surface area contributed by atoms with Crippen LogP contribution in [-0.4, -0.2) is 18.4 Å². The normalized spacial score (nSPS) is 10.7. The van der Waals surface area contributed by atoms with Gasteiger partial charge in [0.2, 0.25) is 0 Å². The lowest BCUT2D eigenvalue weighted by molar-refractivity contribution is 0.417. The third-order valence-corrected chi connectivity index (χ3v) is 4.26. The van der Waals surface area contributed by atoms with Gasteiger partial charge in [-0.3, -0.25) is 5.43 Å². The number of hydrogen-bond acceptors (Lipinski definition) is 3. The molecule has 0 radical (unpaired) electrons. The number of methoxy groups -OCH3 is 1. The molecule has 2 N–H and O–H groups in total. The van der Waals surface area contributed by atoms with Crippen molar-refractivity contribution in [1.29, 1.82) is 0 Å². The Balaban J connectivity index is 1.71. The minimum atomic E-state index is 0.0361. The second-order valence-corrected chi connectivity index (χ2v) is 6.25. The minimum absolute atomic E-state index is 0.0361. The Hall–Kier alpha value is -3.18. The van der Waals surface area contributed by atoms with Crippen LogP contribution >= 0.6 is 12.2 Å². The number of hydrazone groups is 1. The van der Waals surface area contributed by atoms with Gasteiger partial charge in [0.05, 0.1) is 12.8 Å². The Kier molecular flexibility index (Phi) is 6.55. The van der Waals surface area contributed by atoms with Crippen LogP contribution in [0.25, 0.3) is 0 Å². The number of para-hydroxylation sites is 2. The molecule has 0 saturated heterocycles. The molecule has 3 aromatic carbocycles. The van der Waals surface area contributed by atoms with Crippen molar-refractivity contribution in [2.45, 2.75) is 5.92 Å². The monoisotopic (exact) mass is 375 g/mol. The summed E-state index contributed by atoms with van der Waals surface area (Å²) < 4.78 is 5.32. The molecule has 0 atom stereocenters. The number of ether oxygens (including phenoxy) is 1. The van der Waals surface area contributed by atoms with Crippen LogP contribution in [0.1, 0.15) is 17.0 Å². The number of nitrogens with one attached hydrogen (secondary N) is 2. The van der Waals surface area contributed by atoms with Gasteiger partial charge >= 0.3 is 0 Å². The Labute approximate surface area is 164 Å². The maximum atomic E-state index is 5.34. The van der Waals surface area contributed by atoms with Gasteiger partial charge < -0.3 is 10.1 Å². The maximum absolute atomic E-state index is 5.34. The average Bonchev–Trinajstić information content (AvgIpc) is 2.73. The molecule has 0 heterocycles. The number of thiocarbonyl (C=S) groups is 1. The molecular formula is C22H21N3OS. The highest BCUT2D eigenvalue weighted by atomic mass is 32.1. The number of nitrogens with zero attached hydrogens (tertiary/aromatic N) is 1. The van der Waals surface area contributed by atoms with Crippen LogP contribution in [0.4, 0.5) is 5.69 Å². The van der Waals surface area contributed by atoms with Crippen LogP contribution in [-0.2, 0) is 0 Å². The van der Waals surface area contributed by atoms with Crippen molar-refractivity contribution >= 4 is 29.2 Å². The highest BCUT2D eigenvalue weighted by molar-refractivity contribution is 7.80. The number of anilines is 1. The largest absolute Gasteiger partial charge is 0.495 e. The molecule has 4 nitrogen and oxygen atoms in total. The van der Waals surface area contributed by atoms with Crippen molar-refractivity contribution in [2.24, 2.45) is 5.10 Å². The summed E-state index contributed by atoms with van der Waals surface area (Å²) in [5, 5.41) is 7.85. The molecule has 3 rings (SSSR count). The number of hydrogen-bond donors (Lipinski definition) is 2. The summed E-state index contributed by atoms with van der Waals surface area (Å²) in [5.41, 5.74) is 6.00. The van der Waals surface area contributed by atoms with Crippen molar-refractivity contribution in [3.63, 3.8) is 0 Å². The van der Waals surface area contributed by atoms with E-state index in [1.165, 1.54) is 0 Å². The van der Waals surface area contributed by atoms with E-state index in [1.54, 1.807) is 7.11 Å². The Morgan fingerprint density at radius 1 is 0.889 bits per heavy atom. The van der Waals surface area contributed by atoms with Gasteiger partial charge in [0.15, 0.2) is 5.11 Å². The SMILES string of the molecule is COc1ccccc1NC(=S)N/N=C/C(c1ccccc1)c1ccccc1. The average molecular weight is 375 g/mol. The topological polar surface area (TPSA) is 45.6 Å². The van der Waals surface area contributed by atoms with E-state index in [4.69, 9.17) is 17.0 Å². The van der Waals surface area contributed by atoms with E-state index in [0.717, 1.165) is 22.6 Å². The molecule has 5 heteroatoms. The standard InChI is InChI=1S/C22H21N3OS/c1-26-21-15-9-8-14-20(21)24-22(27)25-23-16-19(17-10-4-2-5-11-17)18-12-6-3-7-13-18/h2-16,19H,1H3,(H2,24,25,27)/b23-16+. The fourth-order valence-electron chi connectivity index (χ4n) is 2.75. The van der Waals surface area contributed by atoms with Crippen LogP contribution in [0.5, 0.6) is 5.75 Å². The predicted molar refractivity (Wildman–Crippen MR) is 116 cm³/mol. The third-order valence-electron chi connectivity index (χ3n) is 4.06. The summed E-state index contributed by atoms with van der Waals surface area (Å²) in [5.74, 6) is 0.756. The van der Waals surface area contributed by atoms with Gasteiger partial charge in [-0.15, -0.1) is 0 Å². The van der Waals surface area contributed by atoms with Crippen LogP contribution in [0.15, 0.2) is 90.0 Å². The third kappa shape index (κ3) is 5.15. The number of benzene rings is 3. The van der Waals surface area contributed by atoms with E-state index in [1.807, 2.05) is 66.9 Å². The molecule has 136 valence electrons. The van der Waals surface area contributed by atoms with Crippen molar-refractivity contribution in [2.75, 3.05) is 12.4 Å². The van der Waals surface area contributed by atoms with Crippen LogP contribution in [0, 0.1) is 0 Å². The molecule has 27 heavy (non-hydrogen) atoms. The lowest BCUT2D eigenvalue weighted by Crippen LogP contribution is -2.24. The summed E-state index contributed by atoms with van der Waals surface area (Å²) in [4.78, 5) is 0. The van der Waals surface area contributed by atoms with Crippen LogP contribution in [0.3, 0.4) is 0 Å². The van der Waals surface area contributed by atoms with E-state index >= 15 is 0 Å². The molecule has 0 aliphatic rings. The van der Waals surface area contributed by atoms with Gasteiger partial charge in [-0.25, -0.2) is 0 Å². The van der Waals surface area contributed by atoms with Crippen LogP contribution in [0.2, 0.25) is 0 Å². The van der Waals surface area contributed by atoms with Gasteiger partial charge in [0.25, 0.3) is 0 Å². The summed E-state index contributed by atoms with van der Waals surface area (Å²) in [6, 6.07) is 28.1. The van der Waals surface area contributed by atoms with Crippen molar-refractivity contribution in [3.8, 4) is 5.75 Å². The lowest BCUT2D eigenvalue weighted by atomic mass is 9.92. The van der Waals surface area contributed by atoms with E-state index < -0.39 is 0 Å². The first-order valence-corrected chi connectivity index (χ1v) is 9.02. The smallest absolute Gasteiger partial charge is 0.191 e. The quantitative estimate of drug-likeness (QED) is 0.369. The first-order valence-electron chi connectivity index (χ1n) is 8.61. The lowest BCUT2D eigenvalue weighted by Gasteiger charge is -2.14. The van der Waals surface area contributed by atoms with Gasteiger partial charge in [0.1, 0.15) is 5.75 Å². The molecule has 0 aromatic heterocycles. The first-order chi connectivity index (χ1) is 13.3. The Bertz CT molecular complexity index is 858. The van der Waals surface area contributed by atoms with Crippen molar-refractivity contribution in [1.82, 2.24) is 5.43 Å². The van der Waals surface area contributed by atoms with Gasteiger partial charge in [0, 0.05) is 12.1 Å². The molecule has 0 aliphatic carbocycles. The van der Waals surface area contributed by atoms with Crippen molar-refractivity contribution < 1.29 is 4.74 Å². The highest BCUT2D eigenvalue weighted by Gasteiger charge is 2.11. The molecule has 0 unspecified atom stereocenters. The van der Waals surface area contributed by atoms with E-state index in [-0.39, 0.29) is 5.92 Å². The van der Waals surface area contributed by atoms with Gasteiger partial charge in [-0.05, 0) is 35.5 Å². The zero-order chi connectivity index (χ0) is 18.9. The molecule has 0 aliphatic heterocycles. The Morgan fingerprint density at radius 3 is 2.04 bits per heavy atom. The van der Waals surface area contributed by atoms with Gasteiger partial charge in [-0.1, -0.05) is 72.8 Å². The Morgan fingerprint density at radius 2 is 1.44 bits per heavy atom. The minimum Gasteiger partial charge on any atom is -0.495 e. The van der Waals surface area contributed by atoms with Crippen molar-refractivity contribution in [3.05, 3.63) is 96.1 Å². The highest BCUT2D eigenvalue weighted by Crippen LogP contribution is 2.23. The second kappa shape index (κ2) is 9.50. The van der Waals surface area contributed by atoms with E-state index in [2.05, 4.69) is 40.1 Å². The molecule has 0 spiro atoms. The molecular weight excluding hydrogens is 354 g/mol. The maximum Gasteiger partial charge on any atom is 0.191 e. The van der Waals surface area contributed by atoms with E-state index in [9.17, 15) is 0 Å². The summed E-state index contributed by atoms with van der Waals surface area (Å²) in [7, 11) is 1.62. The fourth-order valence-corrected chi connectivity index (χ4v) is 2.92. The predicted octanol–water partition coefficient (Wildman–Crippen LogP) is 4.80. The molecule has 0 fully saturated rings. The zero-order valence-electron chi connectivity index (χ0n) is 15.0. The summed E-state index contributed by atoms with van der Waals surface area (Å²) in [6.45, 7) is 0. The zero-order valence-corrected chi connectivity index (χ0v) is 15.8. The summed E-state index contributed by atoms with van der Waals surface area (Å²) in [6.07, 6.45) is 1.86. The summed E-state index contributed by atoms with van der Waals surface area (Å²) >= 11 is 5.34.